The molecule has 1 aromatic rings. The molecule has 2 N–H and O–H groups in total. The molecule has 8 nitrogen and oxygen atoms in total. The van der Waals surface area contributed by atoms with Gasteiger partial charge in [0.05, 0.1) is 18.8 Å². The smallest absolute Gasteiger partial charge is 0.408 e. The lowest BCUT2D eigenvalue weighted by Gasteiger charge is -2.23. The quantitative estimate of drug-likeness (QED) is 0.813. The third kappa shape index (κ3) is 7.13. The number of carbonyl (C=O) groups is 1. The van der Waals surface area contributed by atoms with Gasteiger partial charge in [-0.2, -0.15) is 5.26 Å². The second kappa shape index (κ2) is 8.50. The molecule has 1 amide bonds. The van der Waals surface area contributed by atoms with Gasteiger partial charge in [-0.05, 0) is 20.8 Å². The highest BCUT2D eigenvalue weighted by Crippen LogP contribution is 2.12. The number of nitrogens with one attached hydrogen (secondary N) is 2. The molecular weight excluding hydrogens is 322 g/mol. The van der Waals surface area contributed by atoms with Gasteiger partial charge in [0.15, 0.2) is 10.8 Å². The molecule has 0 aliphatic rings. The van der Waals surface area contributed by atoms with Crippen molar-refractivity contribution in [3.63, 3.8) is 0 Å². The molecule has 0 aromatic carbocycles. The van der Waals surface area contributed by atoms with Crippen molar-refractivity contribution in [1.29, 1.82) is 5.26 Å². The number of hydrogen-bond donors (Lipinski definition) is 2. The summed E-state index contributed by atoms with van der Waals surface area (Å²) in [4.78, 5) is 19.7. The monoisotopic (exact) mass is 341 g/mol. The summed E-state index contributed by atoms with van der Waals surface area (Å²) in [6, 6.07) is 1.49. The minimum absolute atomic E-state index is 0.0147. The van der Waals surface area contributed by atoms with Gasteiger partial charge in [-0.15, -0.1) is 0 Å². The van der Waals surface area contributed by atoms with E-state index in [1.165, 1.54) is 13.3 Å². The number of nitrogens with zero attached hydrogens (tertiary/aromatic N) is 3. The molecule has 23 heavy (non-hydrogen) atoms. The lowest BCUT2D eigenvalue weighted by Crippen LogP contribution is -2.45. The van der Waals surface area contributed by atoms with Gasteiger partial charge in [0, 0.05) is 13.7 Å². The van der Waals surface area contributed by atoms with Crippen molar-refractivity contribution in [1.82, 2.24) is 15.3 Å². The SMILES string of the molecule is COC[C@@H](CNc1cnc(C#N)c(Cl)n1)NC(=O)OC(C)(C)C. The van der Waals surface area contributed by atoms with Crippen molar-refractivity contribution < 1.29 is 14.3 Å². The average molecular weight is 342 g/mol. The highest BCUT2D eigenvalue weighted by molar-refractivity contribution is 6.30. The minimum Gasteiger partial charge on any atom is -0.444 e. The van der Waals surface area contributed by atoms with Crippen LogP contribution in [0.5, 0.6) is 0 Å². The topological polar surface area (TPSA) is 109 Å². The number of ether oxygens (including phenoxy) is 2. The molecule has 1 aromatic heterocycles. The lowest BCUT2D eigenvalue weighted by molar-refractivity contribution is 0.0474. The zero-order chi connectivity index (χ0) is 17.5. The molecule has 0 unspecified atom stereocenters. The van der Waals surface area contributed by atoms with Gasteiger partial charge in [-0.25, -0.2) is 14.8 Å². The van der Waals surface area contributed by atoms with Gasteiger partial charge in [-0.1, -0.05) is 11.6 Å². The van der Waals surface area contributed by atoms with Gasteiger partial charge in [-0.3, -0.25) is 0 Å². The fourth-order valence-electron chi connectivity index (χ4n) is 1.58. The Balaban J connectivity index is 2.61. The Kier molecular flexibility index (Phi) is 7.00. The summed E-state index contributed by atoms with van der Waals surface area (Å²) < 4.78 is 10.3. The van der Waals surface area contributed by atoms with E-state index in [4.69, 9.17) is 26.3 Å². The van der Waals surface area contributed by atoms with E-state index in [-0.39, 0.29) is 23.5 Å². The summed E-state index contributed by atoms with van der Waals surface area (Å²) in [7, 11) is 1.53. The molecule has 1 atom stereocenters. The number of amides is 1. The summed E-state index contributed by atoms with van der Waals surface area (Å²) in [5.41, 5.74) is -0.529. The maximum atomic E-state index is 11.8. The number of alkyl carbamates (subject to hydrolysis) is 1. The molecule has 1 heterocycles. The first kappa shape index (κ1) is 18.9. The van der Waals surface area contributed by atoms with Crippen molar-refractivity contribution in [2.45, 2.75) is 32.4 Å². The van der Waals surface area contributed by atoms with Crippen LogP contribution in [-0.2, 0) is 9.47 Å². The van der Waals surface area contributed by atoms with Crippen molar-refractivity contribution in [2.75, 3.05) is 25.6 Å². The van der Waals surface area contributed by atoms with Gasteiger partial charge >= 0.3 is 6.09 Å². The number of anilines is 1. The van der Waals surface area contributed by atoms with E-state index in [0.29, 0.717) is 12.4 Å². The largest absolute Gasteiger partial charge is 0.444 e. The summed E-state index contributed by atoms with van der Waals surface area (Å²) in [6.45, 7) is 5.95. The second-order valence-electron chi connectivity index (χ2n) is 5.69. The van der Waals surface area contributed by atoms with E-state index in [9.17, 15) is 4.79 Å². The van der Waals surface area contributed by atoms with Gasteiger partial charge < -0.3 is 20.1 Å². The standard InChI is InChI=1S/C14H20ClN5O3/c1-14(2,3)23-13(21)19-9(8-22-4)6-18-11-7-17-10(5-16)12(15)20-11/h7,9H,6,8H2,1-4H3,(H,18,20)(H,19,21)/t9-/m1/s1. The Morgan fingerprint density at radius 3 is 2.74 bits per heavy atom. The molecule has 0 aliphatic carbocycles. The number of hydrogen-bond acceptors (Lipinski definition) is 7. The second-order valence-corrected chi connectivity index (χ2v) is 6.04. The first-order valence-electron chi connectivity index (χ1n) is 6.90. The van der Waals surface area contributed by atoms with Gasteiger partial charge in [0.1, 0.15) is 17.5 Å². The fraction of sp³-hybridized carbons (Fsp3) is 0.571. The first-order chi connectivity index (χ1) is 10.7. The molecule has 0 saturated heterocycles. The maximum Gasteiger partial charge on any atom is 0.408 e. The van der Waals surface area contributed by atoms with Crippen molar-refractivity contribution in [3.8, 4) is 6.07 Å². The average Bonchev–Trinajstić information content (AvgIpc) is 2.43. The molecule has 0 spiro atoms. The number of halogens is 1. The summed E-state index contributed by atoms with van der Waals surface area (Å²) in [5.74, 6) is 0.390. The molecule has 0 saturated carbocycles. The van der Waals surface area contributed by atoms with E-state index in [1.807, 2.05) is 6.07 Å². The van der Waals surface area contributed by atoms with Crippen LogP contribution in [0.3, 0.4) is 0 Å². The Morgan fingerprint density at radius 1 is 1.52 bits per heavy atom. The first-order valence-corrected chi connectivity index (χ1v) is 7.28. The predicted octanol–water partition coefficient (Wildman–Crippen LogP) is 1.95. The lowest BCUT2D eigenvalue weighted by atomic mass is 10.2. The van der Waals surface area contributed by atoms with Crippen molar-refractivity contribution in [3.05, 3.63) is 17.0 Å². The summed E-state index contributed by atoms with van der Waals surface area (Å²) >= 11 is 5.81. The molecule has 9 heteroatoms. The van der Waals surface area contributed by atoms with Crippen LogP contribution < -0.4 is 10.6 Å². The minimum atomic E-state index is -0.582. The van der Waals surface area contributed by atoms with E-state index >= 15 is 0 Å². The molecular formula is C14H20ClN5O3. The fourth-order valence-corrected chi connectivity index (χ4v) is 1.76. The van der Waals surface area contributed by atoms with Crippen LogP contribution in [0.15, 0.2) is 6.20 Å². The normalized spacial score (nSPS) is 12.2. The number of aromatic nitrogens is 2. The van der Waals surface area contributed by atoms with Crippen LogP contribution in [0.2, 0.25) is 5.15 Å². The Labute approximate surface area is 140 Å². The predicted molar refractivity (Wildman–Crippen MR) is 85.3 cm³/mol. The Morgan fingerprint density at radius 2 is 2.22 bits per heavy atom. The van der Waals surface area contributed by atoms with Crippen LogP contribution in [0.4, 0.5) is 10.6 Å². The third-order valence-electron chi connectivity index (χ3n) is 2.45. The third-order valence-corrected chi connectivity index (χ3v) is 2.72. The number of nitriles is 1. The van der Waals surface area contributed by atoms with Crippen molar-refractivity contribution >= 4 is 23.5 Å². The van der Waals surface area contributed by atoms with Gasteiger partial charge in [0.2, 0.25) is 0 Å². The Bertz CT molecular complexity index is 583. The number of rotatable bonds is 6. The van der Waals surface area contributed by atoms with Crippen LogP contribution in [0, 0.1) is 11.3 Å². The maximum absolute atomic E-state index is 11.8. The molecule has 0 fully saturated rings. The molecule has 126 valence electrons. The molecule has 0 aliphatic heterocycles. The van der Waals surface area contributed by atoms with Crippen LogP contribution in [0.25, 0.3) is 0 Å². The zero-order valence-corrected chi connectivity index (χ0v) is 14.3. The highest BCUT2D eigenvalue weighted by Gasteiger charge is 2.19. The van der Waals surface area contributed by atoms with Crippen molar-refractivity contribution in [2.24, 2.45) is 0 Å². The number of methoxy groups -OCH3 is 1. The molecule has 0 radical (unpaired) electrons. The van der Waals surface area contributed by atoms with E-state index in [2.05, 4.69) is 20.6 Å². The van der Waals surface area contributed by atoms with E-state index < -0.39 is 11.7 Å². The van der Waals surface area contributed by atoms with Gasteiger partial charge in [0.25, 0.3) is 0 Å². The molecule has 0 bridgehead atoms. The van der Waals surface area contributed by atoms with E-state index in [1.54, 1.807) is 20.8 Å². The Hall–Kier alpha value is -2.11. The van der Waals surface area contributed by atoms with Crippen LogP contribution in [-0.4, -0.2) is 48.0 Å². The highest BCUT2D eigenvalue weighted by atomic mass is 35.5. The van der Waals surface area contributed by atoms with Crippen LogP contribution >= 0.6 is 11.6 Å². The summed E-state index contributed by atoms with van der Waals surface area (Å²) in [5, 5.41) is 14.4. The number of carbonyl (C=O) groups excluding carboxylic acids is 1. The zero-order valence-electron chi connectivity index (χ0n) is 13.5. The van der Waals surface area contributed by atoms with Crippen LogP contribution in [0.1, 0.15) is 26.5 Å². The summed E-state index contributed by atoms with van der Waals surface area (Å²) in [6.07, 6.45) is 0.854. The van der Waals surface area contributed by atoms with E-state index in [0.717, 1.165) is 0 Å². The molecule has 1 rings (SSSR count).